The van der Waals surface area contributed by atoms with Crippen molar-refractivity contribution >= 4 is 27.5 Å². The maximum absolute atomic E-state index is 12.1. The van der Waals surface area contributed by atoms with Crippen LogP contribution in [0.1, 0.15) is 22.8 Å². The standard InChI is InChI=1S/C17H17BrN2O3/c1-11(12-4-7-14(22-2)8-5-12)19-20-17(21)13-6-9-16(23-3)15(18)10-13/h4-10H,1-3H3,(H,20,21)/b19-11+. The minimum absolute atomic E-state index is 0.291. The molecule has 6 heteroatoms. The van der Waals surface area contributed by atoms with Crippen molar-refractivity contribution in [1.82, 2.24) is 5.43 Å². The van der Waals surface area contributed by atoms with Crippen LogP contribution in [0.3, 0.4) is 0 Å². The lowest BCUT2D eigenvalue weighted by Gasteiger charge is -2.06. The number of benzene rings is 2. The lowest BCUT2D eigenvalue weighted by atomic mass is 10.1. The highest BCUT2D eigenvalue weighted by molar-refractivity contribution is 9.10. The van der Waals surface area contributed by atoms with Crippen molar-refractivity contribution in [3.63, 3.8) is 0 Å². The number of carbonyl (C=O) groups is 1. The number of hydrogen-bond donors (Lipinski definition) is 1. The van der Waals surface area contributed by atoms with E-state index in [2.05, 4.69) is 26.5 Å². The van der Waals surface area contributed by atoms with Crippen LogP contribution in [0.4, 0.5) is 0 Å². The second kappa shape index (κ2) is 7.78. The van der Waals surface area contributed by atoms with Gasteiger partial charge in [0.1, 0.15) is 11.5 Å². The van der Waals surface area contributed by atoms with Crippen LogP contribution in [0.2, 0.25) is 0 Å². The van der Waals surface area contributed by atoms with Crippen LogP contribution in [0.25, 0.3) is 0 Å². The zero-order chi connectivity index (χ0) is 16.8. The summed E-state index contributed by atoms with van der Waals surface area (Å²) < 4.78 is 11.0. The minimum atomic E-state index is -0.291. The third-order valence-electron chi connectivity index (χ3n) is 3.25. The molecule has 0 aliphatic rings. The Balaban J connectivity index is 2.08. The summed E-state index contributed by atoms with van der Waals surface area (Å²) in [4.78, 5) is 12.1. The second-order valence-electron chi connectivity index (χ2n) is 4.72. The van der Waals surface area contributed by atoms with E-state index < -0.39 is 0 Å². The average Bonchev–Trinajstić information content (AvgIpc) is 2.59. The van der Waals surface area contributed by atoms with Gasteiger partial charge in [0.25, 0.3) is 5.91 Å². The molecule has 120 valence electrons. The van der Waals surface area contributed by atoms with E-state index >= 15 is 0 Å². The number of carbonyl (C=O) groups excluding carboxylic acids is 1. The van der Waals surface area contributed by atoms with Crippen molar-refractivity contribution in [2.24, 2.45) is 5.10 Å². The lowest BCUT2D eigenvalue weighted by Crippen LogP contribution is -2.19. The number of amides is 1. The van der Waals surface area contributed by atoms with Gasteiger partial charge < -0.3 is 9.47 Å². The van der Waals surface area contributed by atoms with Gasteiger partial charge in [0.05, 0.1) is 24.4 Å². The quantitative estimate of drug-likeness (QED) is 0.640. The number of ether oxygens (including phenoxy) is 2. The molecule has 0 atom stereocenters. The van der Waals surface area contributed by atoms with Crippen molar-refractivity contribution in [2.75, 3.05) is 14.2 Å². The molecule has 2 aromatic carbocycles. The first kappa shape index (κ1) is 17.0. The number of nitrogens with zero attached hydrogens (tertiary/aromatic N) is 1. The Bertz CT molecular complexity index is 727. The van der Waals surface area contributed by atoms with Gasteiger partial charge in [-0.15, -0.1) is 0 Å². The number of rotatable bonds is 5. The van der Waals surface area contributed by atoms with Crippen LogP contribution in [0, 0.1) is 0 Å². The van der Waals surface area contributed by atoms with E-state index in [1.807, 2.05) is 31.2 Å². The molecule has 23 heavy (non-hydrogen) atoms. The Morgan fingerprint density at radius 3 is 2.26 bits per heavy atom. The molecule has 5 nitrogen and oxygen atoms in total. The third kappa shape index (κ3) is 4.32. The molecule has 2 rings (SSSR count). The summed E-state index contributed by atoms with van der Waals surface area (Å²) in [6.07, 6.45) is 0. The van der Waals surface area contributed by atoms with Gasteiger partial charge in [0.2, 0.25) is 0 Å². The zero-order valence-corrected chi connectivity index (χ0v) is 14.7. The minimum Gasteiger partial charge on any atom is -0.497 e. The smallest absolute Gasteiger partial charge is 0.271 e. The van der Waals surface area contributed by atoms with Gasteiger partial charge in [-0.1, -0.05) is 0 Å². The van der Waals surface area contributed by atoms with E-state index in [0.717, 1.165) is 11.3 Å². The predicted molar refractivity (Wildman–Crippen MR) is 93.4 cm³/mol. The second-order valence-corrected chi connectivity index (χ2v) is 5.57. The summed E-state index contributed by atoms with van der Waals surface area (Å²) in [5.74, 6) is 1.15. The molecule has 2 aromatic rings. The lowest BCUT2D eigenvalue weighted by molar-refractivity contribution is 0.0954. The number of methoxy groups -OCH3 is 2. The Kier molecular flexibility index (Phi) is 5.76. The first-order valence-corrected chi connectivity index (χ1v) is 7.67. The van der Waals surface area contributed by atoms with E-state index in [1.54, 1.807) is 32.4 Å². The molecule has 0 bridgehead atoms. The molecular formula is C17H17BrN2O3. The van der Waals surface area contributed by atoms with Crippen LogP contribution >= 0.6 is 15.9 Å². The van der Waals surface area contributed by atoms with Gasteiger partial charge in [-0.05, 0) is 70.9 Å². The maximum atomic E-state index is 12.1. The largest absolute Gasteiger partial charge is 0.497 e. The summed E-state index contributed by atoms with van der Waals surface area (Å²) >= 11 is 3.35. The fourth-order valence-electron chi connectivity index (χ4n) is 1.90. The molecule has 0 spiro atoms. The topological polar surface area (TPSA) is 59.9 Å². The molecule has 0 aromatic heterocycles. The molecule has 0 saturated heterocycles. The molecular weight excluding hydrogens is 360 g/mol. The highest BCUT2D eigenvalue weighted by Gasteiger charge is 2.08. The van der Waals surface area contributed by atoms with Crippen LogP contribution in [0.5, 0.6) is 11.5 Å². The van der Waals surface area contributed by atoms with Crippen molar-refractivity contribution in [3.05, 3.63) is 58.1 Å². The summed E-state index contributed by atoms with van der Waals surface area (Å²) in [7, 11) is 3.19. The summed E-state index contributed by atoms with van der Waals surface area (Å²) in [5.41, 5.74) is 4.64. The molecule has 0 aliphatic carbocycles. The van der Waals surface area contributed by atoms with Crippen molar-refractivity contribution in [2.45, 2.75) is 6.92 Å². The van der Waals surface area contributed by atoms with Crippen molar-refractivity contribution < 1.29 is 14.3 Å². The van der Waals surface area contributed by atoms with Gasteiger partial charge >= 0.3 is 0 Å². The number of nitrogens with one attached hydrogen (secondary N) is 1. The summed E-state index contributed by atoms with van der Waals surface area (Å²) in [5, 5.41) is 4.13. The summed E-state index contributed by atoms with van der Waals surface area (Å²) in [6, 6.07) is 12.5. The maximum Gasteiger partial charge on any atom is 0.271 e. The summed E-state index contributed by atoms with van der Waals surface area (Å²) in [6.45, 7) is 1.83. The number of halogens is 1. The van der Waals surface area contributed by atoms with E-state index in [1.165, 1.54) is 0 Å². The van der Waals surface area contributed by atoms with Gasteiger partial charge in [-0.2, -0.15) is 5.10 Å². The first-order valence-electron chi connectivity index (χ1n) is 6.87. The first-order chi connectivity index (χ1) is 11.0. The zero-order valence-electron chi connectivity index (χ0n) is 13.1. The Hall–Kier alpha value is -2.34. The fourth-order valence-corrected chi connectivity index (χ4v) is 2.44. The van der Waals surface area contributed by atoms with E-state index in [4.69, 9.17) is 9.47 Å². The Morgan fingerprint density at radius 2 is 1.70 bits per heavy atom. The molecule has 1 N–H and O–H groups in total. The predicted octanol–water partition coefficient (Wildman–Crippen LogP) is 3.62. The normalized spacial score (nSPS) is 11.0. The molecule has 1 amide bonds. The highest BCUT2D eigenvalue weighted by atomic mass is 79.9. The highest BCUT2D eigenvalue weighted by Crippen LogP contribution is 2.25. The molecule has 0 aliphatic heterocycles. The average molecular weight is 377 g/mol. The molecule has 0 radical (unpaired) electrons. The fraction of sp³-hybridized carbons (Fsp3) is 0.176. The van der Waals surface area contributed by atoms with Gasteiger partial charge in [0, 0.05) is 5.56 Å². The Morgan fingerprint density at radius 1 is 1.04 bits per heavy atom. The van der Waals surface area contributed by atoms with E-state index in [0.29, 0.717) is 21.5 Å². The van der Waals surface area contributed by atoms with Crippen molar-refractivity contribution in [1.29, 1.82) is 0 Å². The monoisotopic (exact) mass is 376 g/mol. The SMILES string of the molecule is COc1ccc(/C(C)=N/NC(=O)c2ccc(OC)c(Br)c2)cc1. The van der Waals surface area contributed by atoms with E-state index in [-0.39, 0.29) is 5.91 Å². The van der Waals surface area contributed by atoms with Crippen molar-refractivity contribution in [3.8, 4) is 11.5 Å². The molecule has 0 fully saturated rings. The molecule has 0 saturated carbocycles. The van der Waals surface area contributed by atoms with Crippen LogP contribution < -0.4 is 14.9 Å². The third-order valence-corrected chi connectivity index (χ3v) is 3.87. The molecule has 0 unspecified atom stereocenters. The Labute approximate surface area is 143 Å². The van der Waals surface area contributed by atoms with Crippen LogP contribution in [-0.4, -0.2) is 25.8 Å². The van der Waals surface area contributed by atoms with Gasteiger partial charge in [0.15, 0.2) is 0 Å². The van der Waals surface area contributed by atoms with Crippen LogP contribution in [-0.2, 0) is 0 Å². The van der Waals surface area contributed by atoms with Crippen LogP contribution in [0.15, 0.2) is 52.0 Å². The van der Waals surface area contributed by atoms with Gasteiger partial charge in [-0.25, -0.2) is 5.43 Å². The van der Waals surface area contributed by atoms with Gasteiger partial charge in [-0.3, -0.25) is 4.79 Å². The number of hydrogen-bond acceptors (Lipinski definition) is 4. The molecule has 0 heterocycles. The van der Waals surface area contributed by atoms with E-state index in [9.17, 15) is 4.79 Å². The number of hydrazone groups is 1.